The molecule has 6 atom stereocenters. The van der Waals surface area contributed by atoms with Crippen LogP contribution in [0.2, 0.25) is 0 Å². The SMILES string of the molecule is C#Cc1cccn2ncc(C(C#N)NC(=O)C3C4C(CN3C(=O)C(NC(=O)C(F)(F)F)C(C)OC3(C)CCC3)C4(C)C)c12. The Bertz CT molecular complexity index is 1550. The molecule has 10 nitrogen and oxygen atoms in total. The van der Waals surface area contributed by atoms with Gasteiger partial charge in [0.1, 0.15) is 18.1 Å². The number of nitrogens with one attached hydrogen (secondary N) is 2. The van der Waals surface area contributed by atoms with Crippen molar-refractivity contribution in [1.29, 1.82) is 5.26 Å². The van der Waals surface area contributed by atoms with Gasteiger partial charge in [0.15, 0.2) is 0 Å². The highest BCUT2D eigenvalue weighted by molar-refractivity contribution is 5.95. The van der Waals surface area contributed by atoms with E-state index in [1.165, 1.54) is 22.5 Å². The Kier molecular flexibility index (Phi) is 7.46. The van der Waals surface area contributed by atoms with E-state index < -0.39 is 53.7 Å². The molecular formula is C30H33F3N6O4. The number of alkyl halides is 3. The molecule has 2 aromatic rings. The number of piperidine rings is 1. The first-order chi connectivity index (χ1) is 20.1. The van der Waals surface area contributed by atoms with E-state index in [1.807, 2.05) is 19.2 Å². The van der Waals surface area contributed by atoms with Crippen LogP contribution in [0.15, 0.2) is 24.5 Å². The maximum Gasteiger partial charge on any atom is 0.471 e. The standard InChI is InChI=1S/C30H33F3N6O4/c1-6-17-9-7-12-39-23(17)18(14-35-39)20(13-34)36-25(40)24-21-19(28(21,3)4)15-38(24)26(41)22(37-27(42)30(31,32)33)16(2)43-29(5)10-8-11-29/h1,7,9,12,14,16,19-22,24H,8,10-11,15H2,2-5H3,(H,36,40)(H,37,42). The van der Waals surface area contributed by atoms with Crippen molar-refractivity contribution in [2.75, 3.05) is 6.54 Å². The van der Waals surface area contributed by atoms with Gasteiger partial charge in [0, 0.05) is 18.3 Å². The number of amides is 3. The first kappa shape index (κ1) is 30.4. The first-order valence-corrected chi connectivity index (χ1v) is 14.1. The van der Waals surface area contributed by atoms with E-state index in [9.17, 15) is 32.8 Å². The lowest BCUT2D eigenvalue weighted by Crippen LogP contribution is -2.61. The number of hydrogen-bond acceptors (Lipinski definition) is 6. The minimum atomic E-state index is -5.23. The lowest BCUT2D eigenvalue weighted by atomic mass is 9.81. The summed E-state index contributed by atoms with van der Waals surface area (Å²) >= 11 is 0. The predicted molar refractivity (Wildman–Crippen MR) is 147 cm³/mol. The molecule has 1 aliphatic heterocycles. The van der Waals surface area contributed by atoms with Gasteiger partial charge in [-0.25, -0.2) is 4.52 Å². The summed E-state index contributed by atoms with van der Waals surface area (Å²) in [7, 11) is 0. The Labute approximate surface area is 246 Å². The van der Waals surface area contributed by atoms with Crippen LogP contribution in [0.5, 0.6) is 0 Å². The van der Waals surface area contributed by atoms with E-state index in [4.69, 9.17) is 11.2 Å². The van der Waals surface area contributed by atoms with Gasteiger partial charge in [0.2, 0.25) is 11.8 Å². The van der Waals surface area contributed by atoms with Crippen LogP contribution in [0, 0.1) is 40.9 Å². The number of fused-ring (bicyclic) bond motifs is 2. The van der Waals surface area contributed by atoms with Crippen LogP contribution >= 0.6 is 0 Å². The number of pyridine rings is 1. The summed E-state index contributed by atoms with van der Waals surface area (Å²) in [6.45, 7) is 7.24. The zero-order valence-corrected chi connectivity index (χ0v) is 24.2. The molecule has 3 fully saturated rings. The third-order valence-corrected chi connectivity index (χ3v) is 9.37. The monoisotopic (exact) mass is 598 g/mol. The quantitative estimate of drug-likeness (QED) is 0.450. The fourth-order valence-corrected chi connectivity index (χ4v) is 6.71. The van der Waals surface area contributed by atoms with E-state index in [0.717, 1.165) is 6.42 Å². The second-order valence-electron chi connectivity index (χ2n) is 12.5. The molecule has 6 unspecified atom stereocenters. The van der Waals surface area contributed by atoms with Crippen LogP contribution in [-0.4, -0.2) is 68.7 Å². The van der Waals surface area contributed by atoms with E-state index in [-0.39, 0.29) is 23.8 Å². The third-order valence-electron chi connectivity index (χ3n) is 9.37. The highest BCUT2D eigenvalue weighted by Gasteiger charge is 2.70. The van der Waals surface area contributed by atoms with Crippen molar-refractivity contribution in [3.63, 3.8) is 0 Å². The van der Waals surface area contributed by atoms with Crippen LogP contribution in [0.4, 0.5) is 13.2 Å². The number of hydrogen-bond donors (Lipinski definition) is 2. The van der Waals surface area contributed by atoms with Crippen LogP contribution in [0.25, 0.3) is 5.52 Å². The highest BCUT2D eigenvalue weighted by Crippen LogP contribution is 2.65. The molecule has 3 amide bonds. The third kappa shape index (κ3) is 5.31. The molecule has 2 N–H and O–H groups in total. The largest absolute Gasteiger partial charge is 0.471 e. The van der Waals surface area contributed by atoms with Crippen molar-refractivity contribution < 1.29 is 32.3 Å². The lowest BCUT2D eigenvalue weighted by Gasteiger charge is -2.43. The second kappa shape index (κ2) is 10.6. The predicted octanol–water partition coefficient (Wildman–Crippen LogP) is 2.87. The van der Waals surface area contributed by atoms with Gasteiger partial charge in [0.25, 0.3) is 0 Å². The molecule has 0 bridgehead atoms. The molecule has 13 heteroatoms. The second-order valence-corrected chi connectivity index (χ2v) is 12.5. The van der Waals surface area contributed by atoms with E-state index in [0.29, 0.717) is 29.5 Å². The van der Waals surface area contributed by atoms with Crippen LogP contribution in [0.3, 0.4) is 0 Å². The molecule has 2 saturated carbocycles. The number of nitriles is 1. The van der Waals surface area contributed by atoms with E-state index >= 15 is 0 Å². The molecule has 3 aliphatic rings. The summed E-state index contributed by atoms with van der Waals surface area (Å²) in [6.07, 6.45) is 4.58. The number of nitrogens with zero attached hydrogens (tertiary/aromatic N) is 4. The fraction of sp³-hybridized carbons (Fsp3) is 0.567. The molecule has 0 aromatic carbocycles. The summed E-state index contributed by atoms with van der Waals surface area (Å²) in [4.78, 5) is 41.1. The van der Waals surface area contributed by atoms with Gasteiger partial charge in [-0.2, -0.15) is 23.5 Å². The molecule has 5 rings (SSSR count). The maximum absolute atomic E-state index is 14.0. The van der Waals surface area contributed by atoms with Gasteiger partial charge in [-0.1, -0.05) is 19.8 Å². The average molecular weight is 599 g/mol. The Morgan fingerprint density at radius 2 is 1.93 bits per heavy atom. The minimum Gasteiger partial charge on any atom is -0.370 e. The van der Waals surface area contributed by atoms with Crippen LogP contribution < -0.4 is 10.6 Å². The molecule has 0 radical (unpaired) electrons. The van der Waals surface area contributed by atoms with Crippen molar-refractivity contribution in [2.45, 2.75) is 83.0 Å². The summed E-state index contributed by atoms with van der Waals surface area (Å²) < 4.78 is 47.4. The fourth-order valence-electron chi connectivity index (χ4n) is 6.71. The number of terminal acetylenes is 1. The zero-order chi connectivity index (χ0) is 31.5. The smallest absolute Gasteiger partial charge is 0.370 e. The molecule has 2 aromatic heterocycles. The zero-order valence-electron chi connectivity index (χ0n) is 24.2. The number of carbonyl (C=O) groups is 3. The number of aromatic nitrogens is 2. The summed E-state index contributed by atoms with van der Waals surface area (Å²) in [5, 5.41) is 18.8. The van der Waals surface area contributed by atoms with Gasteiger partial charge >= 0.3 is 12.1 Å². The van der Waals surface area contributed by atoms with Crippen LogP contribution in [-0.2, 0) is 19.1 Å². The molecule has 3 heterocycles. The van der Waals surface area contributed by atoms with Gasteiger partial charge in [-0.3, -0.25) is 14.4 Å². The highest BCUT2D eigenvalue weighted by atomic mass is 19.4. The number of likely N-dealkylation sites (tertiary alicyclic amines) is 1. The van der Waals surface area contributed by atoms with E-state index in [1.54, 1.807) is 25.3 Å². The van der Waals surface area contributed by atoms with Gasteiger partial charge in [-0.15, -0.1) is 6.42 Å². The number of carbonyl (C=O) groups excluding carboxylic acids is 3. The Morgan fingerprint density at radius 3 is 2.51 bits per heavy atom. The van der Waals surface area contributed by atoms with Crippen molar-refractivity contribution in [1.82, 2.24) is 25.1 Å². The molecular weight excluding hydrogens is 565 g/mol. The molecule has 2 aliphatic carbocycles. The maximum atomic E-state index is 14.0. The summed E-state index contributed by atoms with van der Waals surface area (Å²) in [5.41, 5.74) is 0.333. The van der Waals surface area contributed by atoms with Crippen LogP contribution in [0.1, 0.15) is 64.1 Å². The summed E-state index contributed by atoms with van der Waals surface area (Å²) in [6, 6.07) is 1.47. The Balaban J connectivity index is 1.43. The minimum absolute atomic E-state index is 0.0999. The van der Waals surface area contributed by atoms with Gasteiger partial charge in [-0.05, 0) is 62.5 Å². The lowest BCUT2D eigenvalue weighted by molar-refractivity contribution is -0.180. The Hall–Kier alpha value is -4.10. The first-order valence-electron chi connectivity index (χ1n) is 14.1. The van der Waals surface area contributed by atoms with Crippen molar-refractivity contribution >= 4 is 23.2 Å². The molecule has 1 saturated heterocycles. The van der Waals surface area contributed by atoms with Crippen molar-refractivity contribution in [3.05, 3.63) is 35.7 Å². The summed E-state index contributed by atoms with van der Waals surface area (Å²) in [5.74, 6) is -1.63. The number of halogens is 3. The van der Waals surface area contributed by atoms with Crippen molar-refractivity contribution in [3.8, 4) is 18.4 Å². The van der Waals surface area contributed by atoms with E-state index in [2.05, 4.69) is 22.4 Å². The molecule has 0 spiro atoms. The van der Waals surface area contributed by atoms with Gasteiger partial charge < -0.3 is 20.3 Å². The normalized spacial score (nSPS) is 25.3. The van der Waals surface area contributed by atoms with Gasteiger partial charge in [0.05, 0.1) is 35.1 Å². The topological polar surface area (TPSA) is 129 Å². The van der Waals surface area contributed by atoms with Crippen molar-refractivity contribution in [2.24, 2.45) is 17.3 Å². The molecule has 228 valence electrons. The Morgan fingerprint density at radius 1 is 1.23 bits per heavy atom. The number of ether oxygens (including phenoxy) is 1. The average Bonchev–Trinajstić information content (AvgIpc) is 3.30. The molecule has 43 heavy (non-hydrogen) atoms. The number of rotatable bonds is 8.